The standard InChI is InChI=1S/C23H22N4O4S/c1-14-8-10-20(31-3)16(12-14)18(28)9-11-21(29)24-22-25-23-27(26-22)17(13-32-23)15-6-4-5-7-19(15)30-2/h4-8,10,12-13H,9,11H2,1-3H3,(H,24,26,29). The summed E-state index contributed by atoms with van der Waals surface area (Å²) >= 11 is 1.41. The monoisotopic (exact) mass is 450 g/mol. The molecule has 0 unspecified atom stereocenters. The Labute approximate surface area is 188 Å². The summed E-state index contributed by atoms with van der Waals surface area (Å²) in [5, 5.41) is 9.03. The lowest BCUT2D eigenvalue weighted by Gasteiger charge is -2.08. The lowest BCUT2D eigenvalue weighted by atomic mass is 10.0. The van der Waals surface area contributed by atoms with E-state index < -0.39 is 0 Å². The minimum absolute atomic E-state index is 0.0160. The number of carbonyl (C=O) groups is 2. The van der Waals surface area contributed by atoms with Crippen LogP contribution in [-0.2, 0) is 4.79 Å². The molecule has 0 saturated carbocycles. The lowest BCUT2D eigenvalue weighted by molar-refractivity contribution is -0.116. The van der Waals surface area contributed by atoms with Gasteiger partial charge in [-0.3, -0.25) is 14.9 Å². The van der Waals surface area contributed by atoms with Gasteiger partial charge in [0.05, 0.1) is 25.5 Å². The molecule has 4 aromatic rings. The third kappa shape index (κ3) is 4.33. The number of benzene rings is 2. The minimum atomic E-state index is -0.331. The van der Waals surface area contributed by atoms with Gasteiger partial charge in [0, 0.05) is 23.8 Å². The van der Waals surface area contributed by atoms with Crippen LogP contribution in [0.25, 0.3) is 16.2 Å². The van der Waals surface area contributed by atoms with E-state index in [9.17, 15) is 9.59 Å². The summed E-state index contributed by atoms with van der Waals surface area (Å²) in [6.45, 7) is 1.90. The number of methoxy groups -OCH3 is 2. The van der Waals surface area contributed by atoms with E-state index >= 15 is 0 Å². The second-order valence-electron chi connectivity index (χ2n) is 7.13. The van der Waals surface area contributed by atoms with E-state index in [1.165, 1.54) is 18.4 Å². The van der Waals surface area contributed by atoms with Crippen molar-refractivity contribution >= 4 is 33.9 Å². The van der Waals surface area contributed by atoms with Crippen LogP contribution in [0.4, 0.5) is 5.95 Å². The summed E-state index contributed by atoms with van der Waals surface area (Å²) in [5.41, 5.74) is 3.12. The molecule has 0 atom stereocenters. The summed E-state index contributed by atoms with van der Waals surface area (Å²) in [4.78, 5) is 30.0. The molecule has 0 radical (unpaired) electrons. The molecule has 0 aliphatic heterocycles. The van der Waals surface area contributed by atoms with Gasteiger partial charge < -0.3 is 9.47 Å². The number of anilines is 1. The SMILES string of the molecule is COc1ccc(C)cc1C(=O)CCC(=O)Nc1nc2scc(-c3ccccc3OC)n2n1. The number of ketones is 1. The van der Waals surface area contributed by atoms with E-state index in [1.54, 1.807) is 23.8 Å². The van der Waals surface area contributed by atoms with Crippen LogP contribution in [0.2, 0.25) is 0 Å². The van der Waals surface area contributed by atoms with Crippen molar-refractivity contribution in [2.75, 3.05) is 19.5 Å². The third-order valence-corrected chi connectivity index (χ3v) is 5.77. The first kappa shape index (κ1) is 21.5. The van der Waals surface area contributed by atoms with Crippen LogP contribution < -0.4 is 14.8 Å². The summed E-state index contributed by atoms with van der Waals surface area (Å²) in [7, 11) is 3.13. The molecule has 8 nitrogen and oxygen atoms in total. The Kier molecular flexibility index (Phi) is 6.18. The van der Waals surface area contributed by atoms with Gasteiger partial charge in [-0.1, -0.05) is 23.8 Å². The predicted molar refractivity (Wildman–Crippen MR) is 123 cm³/mol. The van der Waals surface area contributed by atoms with Gasteiger partial charge in [0.15, 0.2) is 5.78 Å². The van der Waals surface area contributed by atoms with E-state index in [0.29, 0.717) is 16.3 Å². The van der Waals surface area contributed by atoms with Gasteiger partial charge in [0.2, 0.25) is 16.8 Å². The summed E-state index contributed by atoms with van der Waals surface area (Å²) < 4.78 is 12.4. The maximum atomic E-state index is 12.6. The van der Waals surface area contributed by atoms with Crippen LogP contribution in [0.15, 0.2) is 47.8 Å². The Hall–Kier alpha value is -3.72. The third-order valence-electron chi connectivity index (χ3n) is 4.95. The van der Waals surface area contributed by atoms with Crippen LogP contribution in [-0.4, -0.2) is 40.5 Å². The van der Waals surface area contributed by atoms with Crippen LogP contribution in [0.1, 0.15) is 28.8 Å². The van der Waals surface area contributed by atoms with Crippen LogP contribution in [0.3, 0.4) is 0 Å². The summed E-state index contributed by atoms with van der Waals surface area (Å²) in [6, 6.07) is 13.0. The first-order chi connectivity index (χ1) is 15.5. The first-order valence-electron chi connectivity index (χ1n) is 9.95. The van der Waals surface area contributed by atoms with Gasteiger partial charge in [-0.05, 0) is 31.2 Å². The molecule has 2 aromatic carbocycles. The summed E-state index contributed by atoms with van der Waals surface area (Å²) in [5.74, 6) is 0.929. The number of nitrogens with zero attached hydrogens (tertiary/aromatic N) is 3. The van der Waals surface area contributed by atoms with Gasteiger partial charge in [0.1, 0.15) is 11.5 Å². The van der Waals surface area contributed by atoms with Gasteiger partial charge in [-0.15, -0.1) is 16.4 Å². The zero-order valence-corrected chi connectivity index (χ0v) is 18.7. The number of carbonyl (C=O) groups excluding carboxylic acids is 2. The first-order valence-corrected chi connectivity index (χ1v) is 10.8. The molecular weight excluding hydrogens is 428 g/mol. The number of nitrogens with one attached hydrogen (secondary N) is 1. The largest absolute Gasteiger partial charge is 0.496 e. The Balaban J connectivity index is 1.45. The normalized spacial score (nSPS) is 10.8. The van der Waals surface area contributed by atoms with Crippen molar-refractivity contribution in [1.29, 1.82) is 0 Å². The number of fused-ring (bicyclic) bond motifs is 1. The molecule has 2 heterocycles. The second-order valence-corrected chi connectivity index (χ2v) is 7.96. The van der Waals surface area contributed by atoms with E-state index in [0.717, 1.165) is 22.6 Å². The fourth-order valence-corrected chi connectivity index (χ4v) is 4.19. The molecule has 0 aliphatic rings. The van der Waals surface area contributed by atoms with Crippen LogP contribution >= 0.6 is 11.3 Å². The maximum Gasteiger partial charge on any atom is 0.250 e. The Morgan fingerprint density at radius 3 is 2.62 bits per heavy atom. The molecule has 1 amide bonds. The average Bonchev–Trinajstić information content (AvgIpc) is 3.37. The van der Waals surface area contributed by atoms with Crippen molar-refractivity contribution < 1.29 is 19.1 Å². The van der Waals surface area contributed by atoms with Crippen molar-refractivity contribution in [3.8, 4) is 22.8 Å². The maximum absolute atomic E-state index is 12.6. The number of para-hydroxylation sites is 1. The highest BCUT2D eigenvalue weighted by molar-refractivity contribution is 7.15. The molecule has 0 aliphatic carbocycles. The van der Waals surface area contributed by atoms with Crippen molar-refractivity contribution in [1.82, 2.24) is 14.6 Å². The number of ether oxygens (including phenoxy) is 2. The van der Waals surface area contributed by atoms with E-state index in [4.69, 9.17) is 9.47 Å². The van der Waals surface area contributed by atoms with Crippen molar-refractivity contribution in [3.05, 3.63) is 59.0 Å². The van der Waals surface area contributed by atoms with Gasteiger partial charge in [-0.25, -0.2) is 4.52 Å². The van der Waals surface area contributed by atoms with Crippen LogP contribution in [0.5, 0.6) is 11.5 Å². The zero-order chi connectivity index (χ0) is 22.7. The van der Waals surface area contributed by atoms with E-state index in [2.05, 4.69) is 15.4 Å². The van der Waals surface area contributed by atoms with Crippen molar-refractivity contribution in [2.45, 2.75) is 19.8 Å². The fraction of sp³-hybridized carbons (Fsp3) is 0.217. The molecule has 32 heavy (non-hydrogen) atoms. The number of hydrogen-bond acceptors (Lipinski definition) is 7. The quantitative estimate of drug-likeness (QED) is 0.400. The molecule has 0 fully saturated rings. The molecule has 164 valence electrons. The average molecular weight is 451 g/mol. The topological polar surface area (TPSA) is 94.8 Å². The minimum Gasteiger partial charge on any atom is -0.496 e. The van der Waals surface area contributed by atoms with Gasteiger partial charge >= 0.3 is 0 Å². The molecule has 0 bridgehead atoms. The number of hydrogen-bond donors (Lipinski definition) is 1. The molecule has 1 N–H and O–H groups in total. The highest BCUT2D eigenvalue weighted by atomic mass is 32.1. The fourth-order valence-electron chi connectivity index (χ4n) is 3.36. The zero-order valence-electron chi connectivity index (χ0n) is 17.9. The molecule has 0 spiro atoms. The number of thiazole rings is 1. The van der Waals surface area contributed by atoms with Gasteiger partial charge in [-0.2, -0.15) is 4.98 Å². The molecule has 4 rings (SSSR count). The molecule has 0 saturated heterocycles. The molecule has 2 aromatic heterocycles. The van der Waals surface area contributed by atoms with Crippen molar-refractivity contribution in [2.24, 2.45) is 0 Å². The predicted octanol–water partition coefficient (Wildman–Crippen LogP) is 4.39. The molecule has 9 heteroatoms. The molecular formula is C23H22N4O4S. The lowest BCUT2D eigenvalue weighted by Crippen LogP contribution is -2.15. The van der Waals surface area contributed by atoms with E-state index in [1.807, 2.05) is 42.6 Å². The highest BCUT2D eigenvalue weighted by Crippen LogP contribution is 2.32. The van der Waals surface area contributed by atoms with Gasteiger partial charge in [0.25, 0.3) is 0 Å². The Morgan fingerprint density at radius 2 is 1.84 bits per heavy atom. The number of aromatic nitrogens is 3. The number of amides is 1. The highest BCUT2D eigenvalue weighted by Gasteiger charge is 2.18. The second kappa shape index (κ2) is 9.19. The Bertz CT molecular complexity index is 1290. The smallest absolute Gasteiger partial charge is 0.250 e. The summed E-state index contributed by atoms with van der Waals surface area (Å²) in [6.07, 6.45) is 0.0719. The Morgan fingerprint density at radius 1 is 1.06 bits per heavy atom. The number of rotatable bonds is 8. The van der Waals surface area contributed by atoms with Crippen LogP contribution in [0, 0.1) is 6.92 Å². The van der Waals surface area contributed by atoms with E-state index in [-0.39, 0.29) is 30.5 Å². The van der Waals surface area contributed by atoms with Crippen molar-refractivity contribution in [3.63, 3.8) is 0 Å². The number of aryl methyl sites for hydroxylation is 1. The number of Topliss-reactive ketones (excluding diaryl/α,β-unsaturated/α-hetero) is 1.